The number of allylic oxidation sites excluding steroid dienone is 1. The van der Waals surface area contributed by atoms with Crippen molar-refractivity contribution >= 4 is 32.1 Å². The molecule has 0 saturated heterocycles. The predicted molar refractivity (Wildman–Crippen MR) is 258 cm³/mol. The molecule has 1 nitrogen and oxygen atoms in total. The van der Waals surface area contributed by atoms with E-state index in [1.54, 1.807) is 0 Å². The van der Waals surface area contributed by atoms with Crippen LogP contribution in [0.5, 0.6) is 0 Å². The van der Waals surface area contributed by atoms with Crippen LogP contribution in [0.3, 0.4) is 0 Å². The van der Waals surface area contributed by atoms with E-state index in [4.69, 9.17) is 0 Å². The molecule has 1 aliphatic heterocycles. The maximum atomic E-state index is 3.02. The van der Waals surface area contributed by atoms with Gasteiger partial charge in [-0.25, -0.2) is 4.44 Å². The summed E-state index contributed by atoms with van der Waals surface area (Å²) in [5, 5.41) is 4.27. The first kappa shape index (κ1) is 38.8. The van der Waals surface area contributed by atoms with Gasteiger partial charge in [-0.3, -0.25) is 0 Å². The molecular weight excluding hydrogens is 749 g/mol. The highest BCUT2D eigenvalue weighted by atomic mass is 31.2. The molecule has 8 aromatic rings. The second kappa shape index (κ2) is 18.5. The van der Waals surface area contributed by atoms with Gasteiger partial charge in [-0.05, 0) is 121 Å². The smallest absolute Gasteiger partial charge is 0.0321 e. The Morgan fingerprint density at radius 3 is 1.17 bits per heavy atom. The zero-order valence-electron chi connectivity index (χ0n) is 33.6. The van der Waals surface area contributed by atoms with Crippen LogP contribution in [-0.2, 0) is 0 Å². The average Bonchev–Trinajstić information content (AvgIpc) is 3.77. The Morgan fingerprint density at radius 1 is 0.441 bits per heavy atom. The number of benzene rings is 8. The van der Waals surface area contributed by atoms with Gasteiger partial charge in [0, 0.05) is 28.3 Å². The highest BCUT2D eigenvalue weighted by molar-refractivity contribution is 7.83. The fourth-order valence-electron chi connectivity index (χ4n) is 8.36. The van der Waals surface area contributed by atoms with Crippen LogP contribution >= 0.6 is 16.1 Å². The van der Waals surface area contributed by atoms with Crippen LogP contribution in [0.15, 0.2) is 224 Å². The maximum absolute atomic E-state index is 3.02. The molecule has 2 unspecified atom stereocenters. The molecule has 288 valence electrons. The molecule has 3 heteroatoms. The molecule has 0 aromatic heterocycles. The normalized spacial score (nSPS) is 15.1. The van der Waals surface area contributed by atoms with E-state index < -0.39 is 16.1 Å². The highest BCUT2D eigenvalue weighted by Crippen LogP contribution is 2.74. The third kappa shape index (κ3) is 8.71. The van der Waals surface area contributed by atoms with Gasteiger partial charge in [0.05, 0.1) is 0 Å². The molecule has 0 saturated carbocycles. The summed E-state index contributed by atoms with van der Waals surface area (Å²) in [6.45, 7) is 3.35. The lowest BCUT2D eigenvalue weighted by molar-refractivity contribution is 0.637. The van der Waals surface area contributed by atoms with Crippen LogP contribution in [0.25, 0.3) is 49.8 Å². The molecule has 0 N–H and O–H groups in total. The number of hydrogen-bond acceptors (Lipinski definition) is 1. The van der Waals surface area contributed by atoms with Crippen molar-refractivity contribution in [3.05, 3.63) is 236 Å². The first-order valence-corrected chi connectivity index (χ1v) is 23.6. The fraction of sp³-hybridized carbons (Fsp3) is 0.107. The molecule has 2 atom stereocenters. The van der Waals surface area contributed by atoms with Gasteiger partial charge in [-0.2, -0.15) is 0 Å². The molecule has 9 rings (SSSR count). The summed E-state index contributed by atoms with van der Waals surface area (Å²) in [6, 6.07) is 81.4. The number of nitrogens with zero attached hydrogens (tertiary/aromatic N) is 1. The van der Waals surface area contributed by atoms with Crippen molar-refractivity contribution in [1.29, 1.82) is 0 Å². The monoisotopic (exact) mass is 797 g/mol. The predicted octanol–water partition coefficient (Wildman–Crippen LogP) is 15.4. The Kier molecular flexibility index (Phi) is 12.2. The molecule has 1 aliphatic rings. The molecule has 1 heterocycles. The summed E-state index contributed by atoms with van der Waals surface area (Å²) < 4.78 is 3.02. The Bertz CT molecular complexity index is 2370. The lowest BCUT2D eigenvalue weighted by Gasteiger charge is -2.42. The summed E-state index contributed by atoms with van der Waals surface area (Å²) in [6.07, 6.45) is 5.86. The van der Waals surface area contributed by atoms with Gasteiger partial charge in [0.25, 0.3) is 0 Å². The van der Waals surface area contributed by atoms with Gasteiger partial charge in [-0.15, -0.1) is 0 Å². The van der Waals surface area contributed by atoms with E-state index in [0.717, 1.165) is 25.8 Å². The molecular formula is C56H49NP2. The molecule has 8 aromatic carbocycles. The molecule has 0 amide bonds. The lowest BCUT2D eigenvalue weighted by Crippen LogP contribution is -2.28. The van der Waals surface area contributed by atoms with Crippen LogP contribution in [0.2, 0.25) is 0 Å². The maximum Gasteiger partial charge on any atom is 0.0321 e. The van der Waals surface area contributed by atoms with Crippen LogP contribution < -0.4 is 10.6 Å². The molecule has 0 aliphatic carbocycles. The van der Waals surface area contributed by atoms with Crippen molar-refractivity contribution in [2.24, 2.45) is 0 Å². The molecule has 0 radical (unpaired) electrons. The van der Waals surface area contributed by atoms with Gasteiger partial charge in [0.1, 0.15) is 0 Å². The molecule has 59 heavy (non-hydrogen) atoms. The summed E-state index contributed by atoms with van der Waals surface area (Å²) in [5.74, 6) is 0. The van der Waals surface area contributed by atoms with Crippen LogP contribution in [0.1, 0.15) is 43.0 Å². The standard InChI is InChI=1S/C56H49NP2/c1-2-3-36-57(59-55(47-30-18-8-19-31-47)34-35-56(59)48-32-20-9-21-33-48)58(53-39-49(43-22-10-4-11-23-43)37-50(40-53)44-24-12-5-13-25-44)54-41-51(45-26-14-6-15-27-45)38-52(42-54)46-28-16-7-17-29-46/h4-34,37-42,56H,2-3,35-36H2,1H3. The Balaban J connectivity index is 1.34. The van der Waals surface area contributed by atoms with Gasteiger partial charge >= 0.3 is 0 Å². The van der Waals surface area contributed by atoms with Crippen molar-refractivity contribution in [2.75, 3.05) is 6.54 Å². The van der Waals surface area contributed by atoms with Gasteiger partial charge in [0.15, 0.2) is 0 Å². The summed E-state index contributed by atoms with van der Waals surface area (Å²) in [5.41, 5.74) is 13.1. The number of unbranched alkanes of at least 4 members (excludes halogenated alkanes) is 1. The van der Waals surface area contributed by atoms with Gasteiger partial charge < -0.3 is 0 Å². The first-order valence-electron chi connectivity index (χ1n) is 20.9. The van der Waals surface area contributed by atoms with Gasteiger partial charge in [0.2, 0.25) is 0 Å². The molecule has 0 fully saturated rings. The number of hydrogen-bond donors (Lipinski definition) is 0. The van der Waals surface area contributed by atoms with Crippen molar-refractivity contribution in [1.82, 2.24) is 4.44 Å². The highest BCUT2D eigenvalue weighted by Gasteiger charge is 2.40. The SMILES string of the molecule is CCCCN(P(c1cc(-c2ccccc2)cc(-c2ccccc2)c1)c1cc(-c2ccccc2)cc(-c2ccccc2)c1)P1C(c2ccccc2)=CCC1c1ccccc1. The van der Waals surface area contributed by atoms with E-state index in [1.807, 2.05) is 0 Å². The summed E-state index contributed by atoms with van der Waals surface area (Å²) in [4.78, 5) is 0. The summed E-state index contributed by atoms with van der Waals surface area (Å²) >= 11 is 0. The molecule has 0 spiro atoms. The second-order valence-corrected chi connectivity index (χ2v) is 20.0. The Hall–Kier alpha value is -5.68. The summed E-state index contributed by atoms with van der Waals surface area (Å²) in [7, 11) is -1.89. The average molecular weight is 798 g/mol. The van der Waals surface area contributed by atoms with Gasteiger partial charge in [-0.1, -0.05) is 201 Å². The zero-order valence-corrected chi connectivity index (χ0v) is 35.4. The Labute approximate surface area is 353 Å². The lowest BCUT2D eigenvalue weighted by atomic mass is 9.99. The number of rotatable bonds is 13. The fourth-order valence-corrected chi connectivity index (χ4v) is 15.4. The molecule has 0 bridgehead atoms. The minimum Gasteiger partial charge on any atom is -0.248 e. The second-order valence-electron chi connectivity index (χ2n) is 15.2. The minimum atomic E-state index is -1.08. The van der Waals surface area contributed by atoms with Crippen LogP contribution in [0, 0.1) is 0 Å². The van der Waals surface area contributed by atoms with E-state index in [9.17, 15) is 0 Å². The van der Waals surface area contributed by atoms with Crippen LogP contribution in [0.4, 0.5) is 0 Å². The topological polar surface area (TPSA) is 3.24 Å². The van der Waals surface area contributed by atoms with Crippen molar-refractivity contribution in [3.8, 4) is 44.5 Å². The van der Waals surface area contributed by atoms with E-state index in [2.05, 4.69) is 236 Å². The van der Waals surface area contributed by atoms with E-state index >= 15 is 0 Å². The Morgan fingerprint density at radius 2 is 0.797 bits per heavy atom. The van der Waals surface area contributed by atoms with Crippen LogP contribution in [-0.4, -0.2) is 11.0 Å². The first-order chi connectivity index (χ1) is 29.2. The largest absolute Gasteiger partial charge is 0.248 e. The third-order valence-electron chi connectivity index (χ3n) is 11.3. The van der Waals surface area contributed by atoms with E-state index in [1.165, 1.54) is 71.6 Å². The minimum absolute atomic E-state index is 0.375. The van der Waals surface area contributed by atoms with Crippen molar-refractivity contribution in [2.45, 2.75) is 31.8 Å². The van der Waals surface area contributed by atoms with E-state index in [0.29, 0.717) is 5.66 Å². The van der Waals surface area contributed by atoms with Crippen molar-refractivity contribution in [3.63, 3.8) is 0 Å². The van der Waals surface area contributed by atoms with Crippen molar-refractivity contribution < 1.29 is 0 Å². The third-order valence-corrected chi connectivity index (χ3v) is 17.3. The zero-order chi connectivity index (χ0) is 39.8. The van der Waals surface area contributed by atoms with E-state index in [-0.39, 0.29) is 0 Å². The quantitative estimate of drug-likeness (QED) is 0.105.